The Labute approximate surface area is 233 Å². The van der Waals surface area contributed by atoms with Gasteiger partial charge in [-0.3, -0.25) is 5.10 Å². The number of likely N-dealkylation sites (tertiary alicyclic amines) is 1. The summed E-state index contributed by atoms with van der Waals surface area (Å²) in [6.07, 6.45) is 6.52. The van der Waals surface area contributed by atoms with E-state index < -0.39 is 0 Å². The fourth-order valence-corrected chi connectivity index (χ4v) is 6.39. The largest absolute Gasteiger partial charge is 0.335 e. The Hall–Kier alpha value is -3.02. The number of hydrogen-bond acceptors (Lipinski definition) is 2. The predicted molar refractivity (Wildman–Crippen MR) is 154 cm³/mol. The van der Waals surface area contributed by atoms with Crippen LogP contribution in [0.5, 0.6) is 0 Å². The normalized spacial score (nSPS) is 17.0. The molecule has 0 atom stereocenters. The number of nitrogens with zero attached hydrogens (tertiary/aromatic N) is 2. The molecule has 196 valence electrons. The highest BCUT2D eigenvalue weighted by atomic mass is 35.5. The number of fused-ring (bicyclic) bond motifs is 1. The van der Waals surface area contributed by atoms with Crippen molar-refractivity contribution < 1.29 is 4.79 Å². The third-order valence-corrected chi connectivity index (χ3v) is 8.72. The standard InChI is InChI=1S/C31H32Cl2N4O/c32-24-10-5-20(6-11-24)29(21-7-12-25(33)13-8-21)23-9-14-28-27(19-23)30(36-35-28)22-15-17-37(18-16-22)31(38)34-26-3-1-2-4-26/h5-14,19,22,26,29H,1-4,15-18H2,(H,34,38)(H,35,36). The first-order chi connectivity index (χ1) is 18.5. The molecule has 2 amide bonds. The number of nitrogens with one attached hydrogen (secondary N) is 2. The number of piperidine rings is 1. The van der Waals surface area contributed by atoms with Crippen LogP contribution in [0.3, 0.4) is 0 Å². The minimum Gasteiger partial charge on any atom is -0.335 e. The van der Waals surface area contributed by atoms with E-state index >= 15 is 0 Å². The molecule has 1 saturated heterocycles. The van der Waals surface area contributed by atoms with Gasteiger partial charge in [0.05, 0.1) is 5.52 Å². The zero-order valence-corrected chi connectivity index (χ0v) is 22.8. The number of halogens is 2. The van der Waals surface area contributed by atoms with Crippen LogP contribution in [-0.4, -0.2) is 40.3 Å². The summed E-state index contributed by atoms with van der Waals surface area (Å²) >= 11 is 12.4. The van der Waals surface area contributed by atoms with Crippen molar-refractivity contribution in [3.63, 3.8) is 0 Å². The molecule has 2 N–H and O–H groups in total. The SMILES string of the molecule is O=C(NC1CCCC1)N1CCC(c2[nH]nc3ccc(C(c4ccc(Cl)cc4)c4ccc(Cl)cc4)cc23)CC1. The van der Waals surface area contributed by atoms with Gasteiger partial charge in [0.15, 0.2) is 0 Å². The third kappa shape index (κ3) is 5.27. The molecule has 1 aromatic heterocycles. The van der Waals surface area contributed by atoms with E-state index in [4.69, 9.17) is 23.2 Å². The Morgan fingerprint density at radius 3 is 2.03 bits per heavy atom. The maximum absolute atomic E-state index is 12.8. The van der Waals surface area contributed by atoms with E-state index in [0.29, 0.717) is 12.0 Å². The van der Waals surface area contributed by atoms with Gasteiger partial charge in [-0.25, -0.2) is 4.79 Å². The zero-order chi connectivity index (χ0) is 26.1. The molecule has 3 aromatic carbocycles. The molecular formula is C31H32Cl2N4O. The Bertz CT molecular complexity index is 1360. The number of rotatable bonds is 5. The molecule has 0 unspecified atom stereocenters. The molecule has 0 spiro atoms. The number of carbonyl (C=O) groups is 1. The van der Waals surface area contributed by atoms with Gasteiger partial charge in [-0.2, -0.15) is 5.10 Å². The summed E-state index contributed by atoms with van der Waals surface area (Å²) in [5.74, 6) is 0.383. The second kappa shape index (κ2) is 11.0. The average molecular weight is 548 g/mol. The van der Waals surface area contributed by atoms with Gasteiger partial charge < -0.3 is 10.2 Å². The van der Waals surface area contributed by atoms with Crippen molar-refractivity contribution in [2.75, 3.05) is 13.1 Å². The molecule has 1 saturated carbocycles. The van der Waals surface area contributed by atoms with Crippen molar-refractivity contribution in [3.05, 3.63) is 99.2 Å². The number of urea groups is 1. The fourth-order valence-electron chi connectivity index (χ4n) is 6.13. The number of carbonyl (C=O) groups excluding carboxylic acids is 1. The smallest absolute Gasteiger partial charge is 0.317 e. The van der Waals surface area contributed by atoms with E-state index in [2.05, 4.69) is 58.0 Å². The van der Waals surface area contributed by atoms with Crippen LogP contribution in [0.4, 0.5) is 4.79 Å². The summed E-state index contributed by atoms with van der Waals surface area (Å²) in [4.78, 5) is 14.8. The van der Waals surface area contributed by atoms with E-state index in [0.717, 1.165) is 59.7 Å². The van der Waals surface area contributed by atoms with Gasteiger partial charge in [-0.1, -0.05) is 66.4 Å². The maximum atomic E-state index is 12.8. The lowest BCUT2D eigenvalue weighted by molar-refractivity contribution is 0.177. The number of aromatic nitrogens is 2. The molecule has 38 heavy (non-hydrogen) atoms. The molecule has 1 aliphatic heterocycles. The van der Waals surface area contributed by atoms with E-state index in [1.165, 1.54) is 35.2 Å². The van der Waals surface area contributed by atoms with Gasteiger partial charge in [-0.15, -0.1) is 0 Å². The Morgan fingerprint density at radius 1 is 0.842 bits per heavy atom. The summed E-state index contributed by atoms with van der Waals surface area (Å²) in [5, 5.41) is 13.8. The van der Waals surface area contributed by atoms with Gasteiger partial charge in [0, 0.05) is 52.1 Å². The molecule has 2 aliphatic rings. The molecule has 4 aromatic rings. The molecule has 7 heteroatoms. The summed E-state index contributed by atoms with van der Waals surface area (Å²) < 4.78 is 0. The molecule has 0 bridgehead atoms. The number of aromatic amines is 1. The van der Waals surface area contributed by atoms with Crippen molar-refractivity contribution in [2.24, 2.45) is 0 Å². The summed E-state index contributed by atoms with van der Waals surface area (Å²) in [7, 11) is 0. The summed E-state index contributed by atoms with van der Waals surface area (Å²) in [5.41, 5.74) is 5.67. The van der Waals surface area contributed by atoms with Crippen molar-refractivity contribution in [3.8, 4) is 0 Å². The first kappa shape index (κ1) is 25.3. The molecule has 6 rings (SSSR count). The van der Waals surface area contributed by atoms with Gasteiger partial charge >= 0.3 is 6.03 Å². The highest BCUT2D eigenvalue weighted by molar-refractivity contribution is 6.30. The second-order valence-corrected chi connectivity index (χ2v) is 11.5. The van der Waals surface area contributed by atoms with E-state index in [1.54, 1.807) is 0 Å². The van der Waals surface area contributed by atoms with Crippen LogP contribution in [0, 0.1) is 0 Å². The highest BCUT2D eigenvalue weighted by Gasteiger charge is 2.28. The van der Waals surface area contributed by atoms with Crippen LogP contribution >= 0.6 is 23.2 Å². The van der Waals surface area contributed by atoms with Gasteiger partial charge in [0.25, 0.3) is 0 Å². The summed E-state index contributed by atoms with van der Waals surface area (Å²) in [6, 6.07) is 23.1. The van der Waals surface area contributed by atoms with Gasteiger partial charge in [0.2, 0.25) is 0 Å². The average Bonchev–Trinajstić information content (AvgIpc) is 3.61. The van der Waals surface area contributed by atoms with Crippen LogP contribution in [0.1, 0.15) is 72.7 Å². The Balaban J connectivity index is 1.26. The topological polar surface area (TPSA) is 61.0 Å². The van der Waals surface area contributed by atoms with Crippen molar-refractivity contribution in [2.45, 2.75) is 56.4 Å². The van der Waals surface area contributed by atoms with Crippen LogP contribution in [-0.2, 0) is 0 Å². The monoisotopic (exact) mass is 546 g/mol. The van der Waals surface area contributed by atoms with Crippen molar-refractivity contribution in [1.29, 1.82) is 0 Å². The number of benzene rings is 3. The minimum atomic E-state index is 0.0396. The third-order valence-electron chi connectivity index (χ3n) is 8.22. The highest BCUT2D eigenvalue weighted by Crippen LogP contribution is 2.37. The van der Waals surface area contributed by atoms with E-state index in [9.17, 15) is 4.79 Å². The fraction of sp³-hybridized carbons (Fsp3) is 0.355. The van der Waals surface area contributed by atoms with Crippen molar-refractivity contribution >= 4 is 40.1 Å². The molecule has 2 heterocycles. The number of amides is 2. The zero-order valence-electron chi connectivity index (χ0n) is 21.3. The maximum Gasteiger partial charge on any atom is 0.317 e. The molecular weight excluding hydrogens is 515 g/mol. The molecule has 5 nitrogen and oxygen atoms in total. The van der Waals surface area contributed by atoms with Gasteiger partial charge in [-0.05, 0) is 78.8 Å². The molecule has 0 radical (unpaired) electrons. The first-order valence-corrected chi connectivity index (χ1v) is 14.3. The lowest BCUT2D eigenvalue weighted by atomic mass is 9.84. The lowest BCUT2D eigenvalue weighted by Gasteiger charge is -2.32. The van der Waals surface area contributed by atoms with Crippen LogP contribution in [0.15, 0.2) is 66.7 Å². The molecule has 2 fully saturated rings. The van der Waals surface area contributed by atoms with E-state index in [-0.39, 0.29) is 11.9 Å². The predicted octanol–water partition coefficient (Wildman–Crippen LogP) is 7.88. The molecule has 1 aliphatic carbocycles. The van der Waals surface area contributed by atoms with Gasteiger partial charge in [0.1, 0.15) is 0 Å². The number of hydrogen-bond donors (Lipinski definition) is 2. The van der Waals surface area contributed by atoms with Crippen molar-refractivity contribution in [1.82, 2.24) is 20.4 Å². The quantitative estimate of drug-likeness (QED) is 0.250. The first-order valence-electron chi connectivity index (χ1n) is 13.6. The van der Waals surface area contributed by atoms with E-state index in [1.807, 2.05) is 29.2 Å². The minimum absolute atomic E-state index is 0.0396. The summed E-state index contributed by atoms with van der Waals surface area (Å²) in [6.45, 7) is 1.53. The Kier molecular flexibility index (Phi) is 7.31. The van der Waals surface area contributed by atoms with Crippen LogP contribution in [0.2, 0.25) is 10.0 Å². The number of H-pyrrole nitrogens is 1. The van der Waals surface area contributed by atoms with Crippen LogP contribution < -0.4 is 5.32 Å². The lowest BCUT2D eigenvalue weighted by Crippen LogP contribution is -2.47. The second-order valence-electron chi connectivity index (χ2n) is 10.6. The Morgan fingerprint density at radius 2 is 1.42 bits per heavy atom. The van der Waals surface area contributed by atoms with Crippen LogP contribution in [0.25, 0.3) is 10.9 Å².